The summed E-state index contributed by atoms with van der Waals surface area (Å²) in [6.07, 6.45) is 0. The first-order valence-corrected chi connectivity index (χ1v) is 7.40. The van der Waals surface area contributed by atoms with Gasteiger partial charge in [0.05, 0.1) is 10.7 Å². The fourth-order valence-corrected chi connectivity index (χ4v) is 3.85. The molecule has 2 heterocycles. The lowest BCUT2D eigenvalue weighted by Gasteiger charge is -2.34. The Kier molecular flexibility index (Phi) is 4.72. The van der Waals surface area contributed by atoms with E-state index in [0.29, 0.717) is 21.3 Å². The van der Waals surface area contributed by atoms with Crippen molar-refractivity contribution in [3.63, 3.8) is 0 Å². The van der Waals surface area contributed by atoms with Gasteiger partial charge in [0.1, 0.15) is 5.82 Å². The van der Waals surface area contributed by atoms with Crippen molar-refractivity contribution in [1.29, 1.82) is 0 Å². The average Bonchev–Trinajstić information content (AvgIpc) is 2.30. The highest BCUT2D eigenvalue weighted by Crippen LogP contribution is 2.27. The van der Waals surface area contributed by atoms with Crippen LogP contribution in [-0.4, -0.2) is 33.5 Å². The van der Waals surface area contributed by atoms with Crippen molar-refractivity contribution in [3.05, 3.63) is 22.8 Å². The maximum atomic E-state index is 6.18. The molecule has 0 radical (unpaired) electrons. The summed E-state index contributed by atoms with van der Waals surface area (Å²) in [5.41, 5.74) is 3.44. The lowest BCUT2D eigenvalue weighted by molar-refractivity contribution is 0.260. The molecule has 1 aromatic rings. The Morgan fingerprint density at radius 3 is 2.72 bits per heavy atom. The number of rotatable bonds is 3. The van der Waals surface area contributed by atoms with Gasteiger partial charge in [-0.1, -0.05) is 25.4 Å². The summed E-state index contributed by atoms with van der Waals surface area (Å²) in [6.45, 7) is 7.46. The van der Waals surface area contributed by atoms with Gasteiger partial charge in [0.25, 0.3) is 0 Å². The normalized spacial score (nSPS) is 25.1. The van der Waals surface area contributed by atoms with Crippen molar-refractivity contribution in [1.82, 2.24) is 9.88 Å². The molecule has 2 rings (SSSR count). The van der Waals surface area contributed by atoms with Gasteiger partial charge in [0.2, 0.25) is 0 Å². The molecule has 2 atom stereocenters. The average molecular weight is 287 g/mol. The topological polar surface area (TPSA) is 54.2 Å². The van der Waals surface area contributed by atoms with E-state index in [1.807, 2.05) is 17.8 Å². The van der Waals surface area contributed by atoms with Crippen LogP contribution >= 0.6 is 23.4 Å². The van der Waals surface area contributed by atoms with Gasteiger partial charge in [-0.15, -0.1) is 0 Å². The molecule has 0 saturated carbocycles. The Morgan fingerprint density at radius 1 is 1.44 bits per heavy atom. The second kappa shape index (κ2) is 6.10. The van der Waals surface area contributed by atoms with E-state index in [1.54, 1.807) is 6.07 Å². The van der Waals surface area contributed by atoms with E-state index in [4.69, 9.17) is 17.4 Å². The van der Waals surface area contributed by atoms with Crippen LogP contribution in [0.25, 0.3) is 0 Å². The van der Waals surface area contributed by atoms with Crippen LogP contribution in [0.3, 0.4) is 0 Å². The Balaban J connectivity index is 2.08. The first kappa shape index (κ1) is 13.9. The summed E-state index contributed by atoms with van der Waals surface area (Å²) >= 11 is 8.22. The Hall–Kier alpha value is -0.490. The van der Waals surface area contributed by atoms with Gasteiger partial charge in [0.15, 0.2) is 0 Å². The molecule has 0 aliphatic carbocycles. The third-order valence-corrected chi connectivity index (χ3v) is 4.51. The van der Waals surface area contributed by atoms with Gasteiger partial charge < -0.3 is 5.43 Å². The molecule has 1 aromatic heterocycles. The zero-order chi connectivity index (χ0) is 13.1. The summed E-state index contributed by atoms with van der Waals surface area (Å²) in [6, 6.07) is 3.62. The summed E-state index contributed by atoms with van der Waals surface area (Å²) in [5.74, 6) is 6.03. The largest absolute Gasteiger partial charge is 0.308 e. The number of nitrogens with two attached hydrogens (primary N) is 1. The van der Waals surface area contributed by atoms with Gasteiger partial charge in [-0.05, 0) is 12.1 Å². The molecule has 0 bridgehead atoms. The Labute approximate surface area is 117 Å². The van der Waals surface area contributed by atoms with Crippen LogP contribution in [0, 0.1) is 0 Å². The molecular weight excluding hydrogens is 268 g/mol. The molecule has 0 aromatic carbocycles. The van der Waals surface area contributed by atoms with E-state index in [0.717, 1.165) is 25.3 Å². The number of hydrogen-bond donors (Lipinski definition) is 2. The van der Waals surface area contributed by atoms with Crippen molar-refractivity contribution in [2.75, 3.05) is 18.5 Å². The number of hydrazine groups is 1. The number of hydrogen-bond acceptors (Lipinski definition) is 5. The number of nitrogens with one attached hydrogen (secondary N) is 1. The Bertz CT molecular complexity index is 405. The van der Waals surface area contributed by atoms with E-state index in [1.165, 1.54) is 0 Å². The molecule has 4 nitrogen and oxygen atoms in total. The maximum Gasteiger partial charge on any atom is 0.140 e. The van der Waals surface area contributed by atoms with Crippen LogP contribution in [0.4, 0.5) is 5.82 Å². The van der Waals surface area contributed by atoms with Crippen LogP contribution in [0.5, 0.6) is 0 Å². The molecule has 100 valence electrons. The highest BCUT2D eigenvalue weighted by atomic mass is 35.5. The predicted molar refractivity (Wildman–Crippen MR) is 78.8 cm³/mol. The summed E-state index contributed by atoms with van der Waals surface area (Å²) < 4.78 is 0. The molecule has 18 heavy (non-hydrogen) atoms. The van der Waals surface area contributed by atoms with Crippen LogP contribution in [0.2, 0.25) is 5.02 Å². The highest BCUT2D eigenvalue weighted by Gasteiger charge is 2.23. The molecule has 0 amide bonds. The number of anilines is 1. The standard InChI is InChI=1S/C12H19ClN4S/c1-8-5-17(6-9(2)18-8)7-11-10(13)3-4-12(15-11)16-14/h3-4,8-9H,5-7,14H2,1-2H3,(H,15,16). The molecule has 3 N–H and O–H groups in total. The number of nitrogen functional groups attached to an aromatic ring is 1. The van der Waals surface area contributed by atoms with E-state index in [2.05, 4.69) is 29.2 Å². The van der Waals surface area contributed by atoms with Crippen LogP contribution < -0.4 is 11.3 Å². The molecule has 1 fully saturated rings. The molecule has 0 spiro atoms. The zero-order valence-corrected chi connectivity index (χ0v) is 12.3. The molecule has 1 saturated heterocycles. The summed E-state index contributed by atoms with van der Waals surface area (Å²) in [4.78, 5) is 6.82. The second-order valence-electron chi connectivity index (χ2n) is 4.72. The number of nitrogens with zero attached hydrogens (tertiary/aromatic N) is 2. The minimum Gasteiger partial charge on any atom is -0.308 e. The quantitative estimate of drug-likeness (QED) is 0.660. The van der Waals surface area contributed by atoms with Gasteiger partial charge in [-0.25, -0.2) is 10.8 Å². The fourth-order valence-electron chi connectivity index (χ4n) is 2.30. The first-order chi connectivity index (χ1) is 8.58. The predicted octanol–water partition coefficient (Wildman–Crippen LogP) is 2.35. The molecular formula is C12H19ClN4S. The van der Waals surface area contributed by atoms with E-state index in [-0.39, 0.29) is 0 Å². The summed E-state index contributed by atoms with van der Waals surface area (Å²) in [5, 5.41) is 2.01. The van der Waals surface area contributed by atoms with Gasteiger partial charge in [0, 0.05) is 30.1 Å². The molecule has 6 heteroatoms. The van der Waals surface area contributed by atoms with Crippen LogP contribution in [0.1, 0.15) is 19.5 Å². The van der Waals surface area contributed by atoms with E-state index < -0.39 is 0 Å². The minimum atomic E-state index is 0.655. The highest BCUT2D eigenvalue weighted by molar-refractivity contribution is 8.00. The number of pyridine rings is 1. The van der Waals surface area contributed by atoms with Crippen molar-refractivity contribution in [2.24, 2.45) is 5.84 Å². The van der Waals surface area contributed by atoms with Gasteiger partial charge >= 0.3 is 0 Å². The smallest absolute Gasteiger partial charge is 0.140 e. The monoisotopic (exact) mass is 286 g/mol. The van der Waals surface area contributed by atoms with Crippen molar-refractivity contribution in [3.8, 4) is 0 Å². The van der Waals surface area contributed by atoms with Crippen molar-refractivity contribution < 1.29 is 0 Å². The third-order valence-electron chi connectivity index (χ3n) is 2.94. The number of halogens is 1. The summed E-state index contributed by atoms with van der Waals surface area (Å²) in [7, 11) is 0. The van der Waals surface area contributed by atoms with E-state index >= 15 is 0 Å². The lowest BCUT2D eigenvalue weighted by atomic mass is 10.2. The van der Waals surface area contributed by atoms with E-state index in [9.17, 15) is 0 Å². The maximum absolute atomic E-state index is 6.18. The van der Waals surface area contributed by atoms with Crippen molar-refractivity contribution >= 4 is 29.2 Å². The third kappa shape index (κ3) is 3.51. The van der Waals surface area contributed by atoms with Gasteiger partial charge in [-0.2, -0.15) is 11.8 Å². The van der Waals surface area contributed by atoms with Gasteiger partial charge in [-0.3, -0.25) is 4.90 Å². The molecule has 2 unspecified atom stereocenters. The van der Waals surface area contributed by atoms with Crippen molar-refractivity contribution in [2.45, 2.75) is 30.9 Å². The lowest BCUT2D eigenvalue weighted by Crippen LogP contribution is -2.40. The SMILES string of the molecule is CC1CN(Cc2nc(NN)ccc2Cl)CC(C)S1. The molecule has 1 aliphatic rings. The molecule has 1 aliphatic heterocycles. The second-order valence-corrected chi connectivity index (χ2v) is 7.01. The van der Waals surface area contributed by atoms with Crippen LogP contribution in [0.15, 0.2) is 12.1 Å². The number of aromatic nitrogens is 1. The van der Waals surface area contributed by atoms with Crippen LogP contribution in [-0.2, 0) is 6.54 Å². The fraction of sp³-hybridized carbons (Fsp3) is 0.583. The zero-order valence-electron chi connectivity index (χ0n) is 10.7. The first-order valence-electron chi connectivity index (χ1n) is 6.08. The number of thioether (sulfide) groups is 1. The minimum absolute atomic E-state index is 0.655. The Morgan fingerprint density at radius 2 is 2.11 bits per heavy atom.